The highest BCUT2D eigenvalue weighted by Crippen LogP contribution is 2.23. The van der Waals surface area contributed by atoms with Crippen LogP contribution in [0.4, 0.5) is 4.39 Å². The van der Waals surface area contributed by atoms with Crippen LogP contribution >= 0.6 is 0 Å². The second-order valence-electron chi connectivity index (χ2n) is 5.83. The van der Waals surface area contributed by atoms with E-state index in [1.54, 1.807) is 6.08 Å². The number of nitrogens with zero attached hydrogens (tertiary/aromatic N) is 2. The van der Waals surface area contributed by atoms with Crippen LogP contribution in [-0.2, 0) is 30.9 Å². The lowest BCUT2D eigenvalue weighted by Gasteiger charge is -2.29. The quantitative estimate of drug-likeness (QED) is 0.603. The van der Waals surface area contributed by atoms with E-state index in [0.29, 0.717) is 13.2 Å². The maximum Gasteiger partial charge on any atom is 0.123 e. The van der Waals surface area contributed by atoms with Crippen LogP contribution in [0.15, 0.2) is 49.3 Å². The lowest BCUT2D eigenvalue weighted by Crippen LogP contribution is -2.31. The Morgan fingerprint density at radius 3 is 2.87 bits per heavy atom. The predicted molar refractivity (Wildman–Crippen MR) is 88.3 cm³/mol. The Hall–Kier alpha value is -2.04. The highest BCUT2D eigenvalue weighted by molar-refractivity contribution is 5.33. The number of fused-ring (bicyclic) bond motifs is 1. The van der Waals surface area contributed by atoms with Crippen LogP contribution < -0.4 is 0 Å². The molecule has 120 valence electrons. The standard InChI is InChI=1S/C19H21FN2O/c1-2-9-23-14-17-11-21-10-16-13-22(8-7-19(16)17)12-15-3-5-18(20)6-4-15/h2-6,10-11H,1,7-9,12-14H2. The molecule has 0 saturated heterocycles. The fraction of sp³-hybridized carbons (Fsp3) is 0.316. The van der Waals surface area contributed by atoms with E-state index in [4.69, 9.17) is 4.74 Å². The predicted octanol–water partition coefficient (Wildman–Crippen LogP) is 3.48. The third-order valence-electron chi connectivity index (χ3n) is 4.12. The zero-order valence-corrected chi connectivity index (χ0v) is 13.2. The number of halogens is 1. The van der Waals surface area contributed by atoms with Gasteiger partial charge in [0.2, 0.25) is 0 Å². The van der Waals surface area contributed by atoms with E-state index in [-0.39, 0.29) is 5.82 Å². The molecular weight excluding hydrogens is 291 g/mol. The molecule has 4 heteroatoms. The molecule has 1 aliphatic heterocycles. The number of benzene rings is 1. The lowest BCUT2D eigenvalue weighted by molar-refractivity contribution is 0.147. The van der Waals surface area contributed by atoms with Gasteiger partial charge in [0, 0.05) is 32.0 Å². The molecule has 0 N–H and O–H groups in total. The molecule has 1 aromatic carbocycles. The molecule has 2 heterocycles. The smallest absolute Gasteiger partial charge is 0.123 e. The Bertz CT molecular complexity index is 670. The fourth-order valence-corrected chi connectivity index (χ4v) is 2.99. The third kappa shape index (κ3) is 4.03. The summed E-state index contributed by atoms with van der Waals surface area (Å²) in [5.41, 5.74) is 4.93. The third-order valence-corrected chi connectivity index (χ3v) is 4.12. The first-order valence-electron chi connectivity index (χ1n) is 7.86. The summed E-state index contributed by atoms with van der Waals surface area (Å²) in [5.74, 6) is -0.189. The first-order chi connectivity index (χ1) is 11.3. The van der Waals surface area contributed by atoms with Crippen molar-refractivity contribution in [2.24, 2.45) is 0 Å². The molecular formula is C19H21FN2O. The molecule has 2 aromatic rings. The molecule has 0 fully saturated rings. The van der Waals surface area contributed by atoms with Crippen molar-refractivity contribution in [1.82, 2.24) is 9.88 Å². The van der Waals surface area contributed by atoms with Gasteiger partial charge in [0.05, 0.1) is 13.2 Å². The van der Waals surface area contributed by atoms with Gasteiger partial charge in [-0.15, -0.1) is 6.58 Å². The number of pyridine rings is 1. The molecule has 3 rings (SSSR count). The average molecular weight is 312 g/mol. The van der Waals surface area contributed by atoms with Crippen molar-refractivity contribution < 1.29 is 9.13 Å². The van der Waals surface area contributed by atoms with E-state index >= 15 is 0 Å². The molecule has 0 amide bonds. The summed E-state index contributed by atoms with van der Waals surface area (Å²) in [7, 11) is 0. The molecule has 1 aromatic heterocycles. The second-order valence-corrected chi connectivity index (χ2v) is 5.83. The van der Waals surface area contributed by atoms with Crippen molar-refractivity contribution in [1.29, 1.82) is 0 Å². The SMILES string of the molecule is C=CCOCc1cncc2c1CCN(Cc1ccc(F)cc1)C2. The van der Waals surface area contributed by atoms with Gasteiger partial charge >= 0.3 is 0 Å². The van der Waals surface area contributed by atoms with E-state index < -0.39 is 0 Å². The molecule has 0 spiro atoms. The minimum absolute atomic E-state index is 0.189. The highest BCUT2D eigenvalue weighted by atomic mass is 19.1. The summed E-state index contributed by atoms with van der Waals surface area (Å²) in [4.78, 5) is 6.71. The fourth-order valence-electron chi connectivity index (χ4n) is 2.99. The normalized spacial score (nSPS) is 14.5. The van der Waals surface area contributed by atoms with Gasteiger partial charge in [-0.1, -0.05) is 18.2 Å². The lowest BCUT2D eigenvalue weighted by atomic mass is 9.97. The van der Waals surface area contributed by atoms with Crippen molar-refractivity contribution in [3.63, 3.8) is 0 Å². The number of hydrogen-bond acceptors (Lipinski definition) is 3. The number of ether oxygens (including phenoxy) is 1. The summed E-state index contributed by atoms with van der Waals surface area (Å²) >= 11 is 0. The van der Waals surface area contributed by atoms with Gasteiger partial charge in [-0.2, -0.15) is 0 Å². The van der Waals surface area contributed by atoms with Crippen molar-refractivity contribution in [3.8, 4) is 0 Å². The second kappa shape index (κ2) is 7.49. The highest BCUT2D eigenvalue weighted by Gasteiger charge is 2.19. The maximum absolute atomic E-state index is 13.0. The number of aromatic nitrogens is 1. The molecule has 0 aliphatic carbocycles. The van der Waals surface area contributed by atoms with Gasteiger partial charge in [0.15, 0.2) is 0 Å². The monoisotopic (exact) mass is 312 g/mol. The summed E-state index contributed by atoms with van der Waals surface area (Å²) in [6.45, 7) is 7.49. The van der Waals surface area contributed by atoms with Crippen LogP contribution in [0.1, 0.15) is 22.3 Å². The largest absolute Gasteiger partial charge is 0.373 e. The van der Waals surface area contributed by atoms with Crippen LogP contribution in [-0.4, -0.2) is 23.0 Å². The molecule has 0 saturated carbocycles. The Kier molecular flexibility index (Phi) is 5.16. The first kappa shape index (κ1) is 15.8. The van der Waals surface area contributed by atoms with E-state index in [1.807, 2.05) is 24.5 Å². The summed E-state index contributed by atoms with van der Waals surface area (Å²) in [6.07, 6.45) is 6.60. The Balaban J connectivity index is 1.67. The molecule has 0 unspecified atom stereocenters. The maximum atomic E-state index is 13.0. The van der Waals surface area contributed by atoms with Crippen molar-refractivity contribution in [2.75, 3.05) is 13.2 Å². The molecule has 3 nitrogen and oxygen atoms in total. The van der Waals surface area contributed by atoms with Crippen molar-refractivity contribution in [3.05, 3.63) is 77.4 Å². The molecule has 0 atom stereocenters. The Morgan fingerprint density at radius 1 is 1.26 bits per heavy atom. The van der Waals surface area contributed by atoms with E-state index in [9.17, 15) is 4.39 Å². The van der Waals surface area contributed by atoms with Gasteiger partial charge in [-0.05, 0) is 40.8 Å². The van der Waals surface area contributed by atoms with Crippen LogP contribution in [0, 0.1) is 5.82 Å². The topological polar surface area (TPSA) is 25.4 Å². The molecule has 0 radical (unpaired) electrons. The molecule has 1 aliphatic rings. The van der Waals surface area contributed by atoms with Crippen LogP contribution in [0.2, 0.25) is 0 Å². The minimum Gasteiger partial charge on any atom is -0.373 e. The zero-order chi connectivity index (χ0) is 16.1. The van der Waals surface area contributed by atoms with Crippen LogP contribution in [0.3, 0.4) is 0 Å². The van der Waals surface area contributed by atoms with E-state index in [0.717, 1.165) is 31.6 Å². The first-order valence-corrected chi connectivity index (χ1v) is 7.86. The van der Waals surface area contributed by atoms with Crippen molar-refractivity contribution in [2.45, 2.75) is 26.1 Å². The number of hydrogen-bond donors (Lipinski definition) is 0. The van der Waals surface area contributed by atoms with E-state index in [2.05, 4.69) is 16.5 Å². The summed E-state index contributed by atoms with van der Waals surface area (Å²) < 4.78 is 18.6. The van der Waals surface area contributed by atoms with Crippen LogP contribution in [0.5, 0.6) is 0 Å². The number of rotatable bonds is 6. The summed E-state index contributed by atoms with van der Waals surface area (Å²) in [5, 5.41) is 0. The van der Waals surface area contributed by atoms with Crippen LogP contribution in [0.25, 0.3) is 0 Å². The average Bonchev–Trinajstić information content (AvgIpc) is 2.57. The zero-order valence-electron chi connectivity index (χ0n) is 13.2. The van der Waals surface area contributed by atoms with Gasteiger partial charge in [-0.25, -0.2) is 4.39 Å². The summed E-state index contributed by atoms with van der Waals surface area (Å²) in [6, 6.07) is 6.74. The minimum atomic E-state index is -0.189. The van der Waals surface area contributed by atoms with Gasteiger partial charge in [0.25, 0.3) is 0 Å². The van der Waals surface area contributed by atoms with Crippen molar-refractivity contribution >= 4 is 0 Å². The molecule has 23 heavy (non-hydrogen) atoms. The van der Waals surface area contributed by atoms with Gasteiger partial charge in [0.1, 0.15) is 5.82 Å². The Morgan fingerprint density at radius 2 is 2.09 bits per heavy atom. The molecule has 0 bridgehead atoms. The van der Waals surface area contributed by atoms with Gasteiger partial charge < -0.3 is 4.74 Å². The van der Waals surface area contributed by atoms with Gasteiger partial charge in [-0.3, -0.25) is 9.88 Å². The van der Waals surface area contributed by atoms with E-state index in [1.165, 1.54) is 28.8 Å². The Labute approximate surface area is 136 Å².